The van der Waals surface area contributed by atoms with Crippen molar-refractivity contribution in [1.29, 1.82) is 0 Å². The van der Waals surface area contributed by atoms with Gasteiger partial charge in [0.2, 0.25) is 6.41 Å². The Kier molecular flexibility index (Phi) is 15.3. The van der Waals surface area contributed by atoms with Crippen molar-refractivity contribution in [2.45, 2.75) is 13.8 Å². The van der Waals surface area contributed by atoms with Crippen LogP contribution in [0.15, 0.2) is 54.4 Å². The fourth-order valence-corrected chi connectivity index (χ4v) is 2.63. The summed E-state index contributed by atoms with van der Waals surface area (Å²) in [5.74, 6) is 0. The second-order valence-electron chi connectivity index (χ2n) is 5.19. The van der Waals surface area contributed by atoms with Gasteiger partial charge in [-0.15, -0.1) is 11.3 Å². The number of amides is 1. The summed E-state index contributed by atoms with van der Waals surface area (Å²) < 4.78 is 4.89. The topological polar surface area (TPSA) is 41.6 Å². The van der Waals surface area contributed by atoms with E-state index in [1.54, 1.807) is 18.4 Å². The first-order chi connectivity index (χ1) is 12.7. The third-order valence-electron chi connectivity index (χ3n) is 3.34. The standard InChI is InChI=1S/C12H10S.C7H16N2O2.C2H6/c1-10(12-8-5-9-13-12)11-6-3-2-4-7-11;1-9(5-6-11-2)4-3-8-7-10;1-2/h2-9H,1H2;7H,3-6H2,1-2H3,(H,8,10);1-2H3. The van der Waals surface area contributed by atoms with E-state index in [1.807, 2.05) is 45.2 Å². The number of thiophene rings is 1. The Hall–Kier alpha value is -1.95. The van der Waals surface area contributed by atoms with E-state index in [4.69, 9.17) is 4.74 Å². The van der Waals surface area contributed by atoms with Gasteiger partial charge in [0.15, 0.2) is 0 Å². The van der Waals surface area contributed by atoms with Crippen molar-refractivity contribution >= 4 is 23.3 Å². The number of hydrogen-bond donors (Lipinski definition) is 1. The number of hydrogen-bond acceptors (Lipinski definition) is 4. The molecular formula is C21H32N2O2S. The minimum absolute atomic E-state index is 0.698. The van der Waals surface area contributed by atoms with Crippen molar-refractivity contribution < 1.29 is 9.53 Å². The quantitative estimate of drug-likeness (QED) is 0.528. The van der Waals surface area contributed by atoms with Gasteiger partial charge < -0.3 is 15.0 Å². The maximum Gasteiger partial charge on any atom is 0.207 e. The molecule has 2 aromatic rings. The smallest absolute Gasteiger partial charge is 0.207 e. The lowest BCUT2D eigenvalue weighted by Gasteiger charge is -2.14. The molecule has 0 aliphatic rings. The van der Waals surface area contributed by atoms with Gasteiger partial charge in [-0.3, -0.25) is 4.79 Å². The number of methoxy groups -OCH3 is 1. The molecular weight excluding hydrogens is 344 g/mol. The molecule has 144 valence electrons. The zero-order valence-corrected chi connectivity index (χ0v) is 17.2. The molecule has 4 nitrogen and oxygen atoms in total. The summed E-state index contributed by atoms with van der Waals surface area (Å²) >= 11 is 1.73. The van der Waals surface area contributed by atoms with E-state index in [-0.39, 0.29) is 0 Å². The van der Waals surface area contributed by atoms with Crippen LogP contribution < -0.4 is 5.32 Å². The zero-order valence-electron chi connectivity index (χ0n) is 16.4. The predicted molar refractivity (Wildman–Crippen MR) is 114 cm³/mol. The average Bonchev–Trinajstić information content (AvgIpc) is 3.23. The molecule has 1 N–H and O–H groups in total. The van der Waals surface area contributed by atoms with Crippen LogP contribution in [0, 0.1) is 0 Å². The molecule has 1 aromatic heterocycles. The average molecular weight is 377 g/mol. The fourth-order valence-electron chi connectivity index (χ4n) is 1.91. The van der Waals surface area contributed by atoms with Gasteiger partial charge in [0.05, 0.1) is 6.61 Å². The van der Waals surface area contributed by atoms with E-state index >= 15 is 0 Å². The maximum atomic E-state index is 9.85. The lowest BCUT2D eigenvalue weighted by Crippen LogP contribution is -2.30. The van der Waals surface area contributed by atoms with Gasteiger partial charge >= 0.3 is 0 Å². The predicted octanol–water partition coefficient (Wildman–Crippen LogP) is 4.15. The molecule has 1 heterocycles. The van der Waals surface area contributed by atoms with E-state index in [2.05, 4.69) is 40.4 Å². The summed E-state index contributed by atoms with van der Waals surface area (Å²) in [7, 11) is 3.67. The Morgan fingerprint density at radius 2 is 1.88 bits per heavy atom. The van der Waals surface area contributed by atoms with Gasteiger partial charge in [-0.05, 0) is 29.6 Å². The Balaban J connectivity index is 0.000000446. The van der Waals surface area contributed by atoms with Crippen LogP contribution in [-0.4, -0.2) is 51.7 Å². The molecule has 1 amide bonds. The van der Waals surface area contributed by atoms with Gasteiger partial charge in [-0.1, -0.05) is 56.8 Å². The summed E-state index contributed by atoms with van der Waals surface area (Å²) in [5, 5.41) is 4.67. The number of ether oxygens (including phenoxy) is 1. The first-order valence-corrected chi connectivity index (χ1v) is 9.69. The van der Waals surface area contributed by atoms with Crippen molar-refractivity contribution in [2.75, 3.05) is 40.4 Å². The summed E-state index contributed by atoms with van der Waals surface area (Å²) in [6.07, 6.45) is 0.712. The third kappa shape index (κ3) is 10.8. The molecule has 2 rings (SSSR count). The number of nitrogens with one attached hydrogen (secondary N) is 1. The molecule has 0 aliphatic heterocycles. The molecule has 0 bridgehead atoms. The molecule has 1 aromatic carbocycles. The van der Waals surface area contributed by atoms with E-state index in [1.165, 1.54) is 10.4 Å². The minimum Gasteiger partial charge on any atom is -0.383 e. The van der Waals surface area contributed by atoms with Gasteiger partial charge in [-0.25, -0.2) is 0 Å². The second-order valence-corrected chi connectivity index (χ2v) is 6.14. The number of rotatable bonds is 9. The molecule has 0 saturated heterocycles. The van der Waals surface area contributed by atoms with Gasteiger partial charge in [0.25, 0.3) is 0 Å². The molecule has 0 radical (unpaired) electrons. The van der Waals surface area contributed by atoms with E-state index < -0.39 is 0 Å². The van der Waals surface area contributed by atoms with Crippen LogP contribution in [-0.2, 0) is 9.53 Å². The van der Waals surface area contributed by atoms with Crippen LogP contribution in [0.25, 0.3) is 5.57 Å². The maximum absolute atomic E-state index is 9.85. The summed E-state index contributed by atoms with van der Waals surface area (Å²) in [5.41, 5.74) is 2.31. The second kappa shape index (κ2) is 16.5. The summed E-state index contributed by atoms with van der Waals surface area (Å²) in [6, 6.07) is 14.4. The van der Waals surface area contributed by atoms with Gasteiger partial charge in [0.1, 0.15) is 0 Å². The number of likely N-dealkylation sites (N-methyl/N-ethyl adjacent to an activating group) is 1. The van der Waals surface area contributed by atoms with Crippen molar-refractivity contribution in [3.63, 3.8) is 0 Å². The highest BCUT2D eigenvalue weighted by Crippen LogP contribution is 2.24. The molecule has 0 aliphatic carbocycles. The van der Waals surface area contributed by atoms with Gasteiger partial charge in [-0.2, -0.15) is 0 Å². The highest BCUT2D eigenvalue weighted by molar-refractivity contribution is 7.11. The van der Waals surface area contributed by atoms with Crippen molar-refractivity contribution in [3.8, 4) is 0 Å². The van der Waals surface area contributed by atoms with Crippen LogP contribution in [0.2, 0.25) is 0 Å². The van der Waals surface area contributed by atoms with Crippen LogP contribution in [0.5, 0.6) is 0 Å². The van der Waals surface area contributed by atoms with E-state index in [9.17, 15) is 4.79 Å². The van der Waals surface area contributed by atoms with Gasteiger partial charge in [0, 0.05) is 31.6 Å². The first-order valence-electron chi connectivity index (χ1n) is 8.81. The largest absolute Gasteiger partial charge is 0.383 e. The Morgan fingerprint density at radius 1 is 1.19 bits per heavy atom. The molecule has 0 spiro atoms. The van der Waals surface area contributed by atoms with Crippen LogP contribution in [0.3, 0.4) is 0 Å². The fraction of sp³-hybridized carbons (Fsp3) is 0.381. The van der Waals surface area contributed by atoms with Crippen LogP contribution in [0.4, 0.5) is 0 Å². The molecule has 0 unspecified atom stereocenters. The number of benzene rings is 1. The Labute approximate surface area is 162 Å². The molecule has 0 fully saturated rings. The van der Waals surface area contributed by atoms with Crippen molar-refractivity contribution in [2.24, 2.45) is 0 Å². The van der Waals surface area contributed by atoms with Crippen molar-refractivity contribution in [3.05, 3.63) is 64.9 Å². The lowest BCUT2D eigenvalue weighted by atomic mass is 10.1. The number of carbonyl (C=O) groups excluding carboxylic acids is 1. The normalized spacial score (nSPS) is 9.42. The SMILES string of the molecule is C=C(c1ccccc1)c1cccs1.CC.COCCN(C)CCNC=O. The zero-order chi connectivity index (χ0) is 19.6. The molecule has 0 atom stereocenters. The third-order valence-corrected chi connectivity index (χ3v) is 4.27. The number of nitrogens with zero attached hydrogens (tertiary/aromatic N) is 1. The lowest BCUT2D eigenvalue weighted by molar-refractivity contribution is -0.109. The summed E-state index contributed by atoms with van der Waals surface area (Å²) in [4.78, 5) is 13.2. The van der Waals surface area contributed by atoms with E-state index in [0.29, 0.717) is 13.0 Å². The minimum atomic E-state index is 0.698. The molecule has 0 saturated carbocycles. The van der Waals surface area contributed by atoms with E-state index in [0.717, 1.165) is 25.3 Å². The Bertz CT molecular complexity index is 571. The molecule has 5 heteroatoms. The number of carbonyl (C=O) groups is 1. The Morgan fingerprint density at radius 3 is 2.42 bits per heavy atom. The van der Waals surface area contributed by atoms with Crippen molar-refractivity contribution in [1.82, 2.24) is 10.2 Å². The highest BCUT2D eigenvalue weighted by atomic mass is 32.1. The monoisotopic (exact) mass is 376 g/mol. The summed E-state index contributed by atoms with van der Waals surface area (Å²) in [6.45, 7) is 11.3. The highest BCUT2D eigenvalue weighted by Gasteiger charge is 2.01. The van der Waals surface area contributed by atoms with Crippen LogP contribution in [0.1, 0.15) is 24.3 Å². The van der Waals surface area contributed by atoms with Crippen LogP contribution >= 0.6 is 11.3 Å². The first kappa shape index (κ1) is 24.1. The molecule has 26 heavy (non-hydrogen) atoms.